The van der Waals surface area contributed by atoms with Gasteiger partial charge in [0.25, 0.3) is 5.89 Å². The van der Waals surface area contributed by atoms with Gasteiger partial charge in [0.2, 0.25) is 11.8 Å². The first-order valence-electron chi connectivity index (χ1n) is 16.3. The molecule has 260 valence electrons. The number of amides is 2. The van der Waals surface area contributed by atoms with Crippen LogP contribution in [0, 0.1) is 17.7 Å². The lowest BCUT2D eigenvalue weighted by molar-refractivity contribution is -0.141. The molecule has 3 aliphatic rings. The summed E-state index contributed by atoms with van der Waals surface area (Å²) in [7, 11) is 0. The quantitative estimate of drug-likeness (QED) is 0.193. The summed E-state index contributed by atoms with van der Waals surface area (Å²) in [5.74, 6) is 1.01. The van der Waals surface area contributed by atoms with Gasteiger partial charge in [-0.15, -0.1) is 0 Å². The number of alkyl halides is 3. The van der Waals surface area contributed by atoms with Crippen molar-refractivity contribution < 1.29 is 28.7 Å². The highest BCUT2D eigenvalue weighted by molar-refractivity contribution is 6.14. The first-order chi connectivity index (χ1) is 23.9. The van der Waals surface area contributed by atoms with Gasteiger partial charge in [0.1, 0.15) is 5.69 Å². The Morgan fingerprint density at radius 2 is 1.82 bits per heavy atom. The van der Waals surface area contributed by atoms with Crippen LogP contribution in [0.3, 0.4) is 0 Å². The van der Waals surface area contributed by atoms with E-state index in [0.717, 1.165) is 29.8 Å². The minimum Gasteiger partial charge on any atom is -0.398 e. The molecule has 2 saturated heterocycles. The number of anilines is 2. The van der Waals surface area contributed by atoms with E-state index in [1.165, 1.54) is 11.6 Å². The standard InChI is InChI=1S/C36H35F3N8O3.H2/c1-22-43-33(50-44-22)25-4-2-23(3-5-25)24-9-14-46(15-10-24)31(48)20-45-16-11-35(21-45)12-17-47(34(35)49)27-6-7-29(40)28(19-27)32(41)26-8-13-42-30(18-26)36(37,38)39;/h2-9,13,18-19,41H,10-12,14-17,20-21,40H2,1H3;1H/t35-;/m0./s1. The van der Waals surface area contributed by atoms with Crippen molar-refractivity contribution in [2.75, 3.05) is 49.9 Å². The fraction of sp³-hybridized carbons (Fsp3) is 0.333. The highest BCUT2D eigenvalue weighted by atomic mass is 19.4. The van der Waals surface area contributed by atoms with Crippen molar-refractivity contribution in [1.82, 2.24) is 24.9 Å². The Balaban J connectivity index is 0.00000448. The molecule has 0 aliphatic carbocycles. The van der Waals surface area contributed by atoms with E-state index in [-0.39, 0.29) is 42.3 Å². The number of halogens is 3. The molecule has 0 saturated carbocycles. The Bertz CT molecular complexity index is 2010. The van der Waals surface area contributed by atoms with E-state index in [1.807, 2.05) is 34.1 Å². The van der Waals surface area contributed by atoms with Crippen LogP contribution < -0.4 is 10.6 Å². The number of benzene rings is 2. The number of nitrogens with zero attached hydrogens (tertiary/aromatic N) is 6. The minimum absolute atomic E-state index is 0. The third-order valence-electron chi connectivity index (χ3n) is 9.85. The van der Waals surface area contributed by atoms with Crippen LogP contribution in [-0.2, 0) is 15.8 Å². The molecule has 2 fully saturated rings. The maximum Gasteiger partial charge on any atom is 0.433 e. The van der Waals surface area contributed by atoms with Gasteiger partial charge >= 0.3 is 6.18 Å². The second-order valence-electron chi connectivity index (χ2n) is 13.1. The molecule has 11 nitrogen and oxygen atoms in total. The molecule has 5 heterocycles. The molecule has 1 spiro atoms. The van der Waals surface area contributed by atoms with Crippen LogP contribution in [0.2, 0.25) is 0 Å². The summed E-state index contributed by atoms with van der Waals surface area (Å²) in [6, 6.07) is 14.9. The average Bonchev–Trinajstić information content (AvgIpc) is 3.83. The Kier molecular flexibility index (Phi) is 8.50. The zero-order chi connectivity index (χ0) is 35.2. The van der Waals surface area contributed by atoms with Crippen molar-refractivity contribution in [3.63, 3.8) is 0 Å². The highest BCUT2D eigenvalue weighted by Crippen LogP contribution is 2.43. The number of nitrogens with two attached hydrogens (primary N) is 1. The number of hydrogen-bond acceptors (Lipinski definition) is 9. The van der Waals surface area contributed by atoms with Crippen LogP contribution in [0.4, 0.5) is 24.5 Å². The summed E-state index contributed by atoms with van der Waals surface area (Å²) >= 11 is 0. The van der Waals surface area contributed by atoms with Gasteiger partial charge in [-0.3, -0.25) is 24.9 Å². The number of nitrogens with one attached hydrogen (secondary N) is 1. The van der Waals surface area contributed by atoms with Crippen molar-refractivity contribution in [3.05, 3.63) is 95.1 Å². The van der Waals surface area contributed by atoms with E-state index >= 15 is 0 Å². The van der Waals surface area contributed by atoms with Crippen molar-refractivity contribution in [3.8, 4) is 11.5 Å². The van der Waals surface area contributed by atoms with Crippen molar-refractivity contribution >= 4 is 34.5 Å². The number of aromatic nitrogens is 3. The molecule has 2 amide bonds. The maximum absolute atomic E-state index is 13.9. The van der Waals surface area contributed by atoms with E-state index in [2.05, 4.69) is 21.2 Å². The van der Waals surface area contributed by atoms with Gasteiger partial charge in [-0.1, -0.05) is 23.4 Å². The first-order valence-corrected chi connectivity index (χ1v) is 16.3. The number of pyridine rings is 1. The number of nitrogen functional groups attached to an aromatic ring is 1. The summed E-state index contributed by atoms with van der Waals surface area (Å²) in [6.07, 6.45) is 0.396. The lowest BCUT2D eigenvalue weighted by atomic mass is 9.85. The molecule has 2 aromatic heterocycles. The highest BCUT2D eigenvalue weighted by Gasteiger charge is 2.51. The van der Waals surface area contributed by atoms with E-state index in [0.29, 0.717) is 63.0 Å². The Labute approximate surface area is 287 Å². The van der Waals surface area contributed by atoms with Crippen LogP contribution >= 0.6 is 0 Å². The molecule has 0 unspecified atom stereocenters. The van der Waals surface area contributed by atoms with E-state index in [1.54, 1.807) is 30.0 Å². The topological polar surface area (TPSA) is 146 Å². The van der Waals surface area contributed by atoms with Gasteiger partial charge in [0.15, 0.2) is 5.82 Å². The van der Waals surface area contributed by atoms with E-state index in [4.69, 9.17) is 15.7 Å². The SMILES string of the molecule is Cc1noc(-c2ccc(C3=CCN(C(=O)CN4CC[C@]5(CCN(c6ccc(N)c(C(=N)c7ccnc(C(F)(F)F)c7)c6)C5=O)C4)CC3)cc2)n1.[HH]. The maximum atomic E-state index is 13.9. The van der Waals surface area contributed by atoms with Gasteiger partial charge in [0.05, 0.1) is 17.7 Å². The number of carbonyl (C=O) groups is 2. The zero-order valence-electron chi connectivity index (χ0n) is 27.3. The average molecular weight is 687 g/mol. The van der Waals surface area contributed by atoms with Gasteiger partial charge in [0, 0.05) is 61.9 Å². The third-order valence-corrected chi connectivity index (χ3v) is 9.85. The Morgan fingerprint density at radius 3 is 2.52 bits per heavy atom. The smallest absolute Gasteiger partial charge is 0.398 e. The Hall–Kier alpha value is -5.37. The fourth-order valence-electron chi connectivity index (χ4n) is 7.05. The predicted octanol–water partition coefficient (Wildman–Crippen LogP) is 5.45. The largest absolute Gasteiger partial charge is 0.433 e. The molecule has 3 aliphatic heterocycles. The van der Waals surface area contributed by atoms with E-state index < -0.39 is 17.3 Å². The summed E-state index contributed by atoms with van der Waals surface area (Å²) in [5, 5.41) is 12.5. The van der Waals surface area contributed by atoms with Crippen LogP contribution in [0.1, 0.15) is 48.9 Å². The molecular formula is C36H37F3N8O3. The molecule has 7 rings (SSSR count). The van der Waals surface area contributed by atoms with Crippen molar-refractivity contribution in [1.29, 1.82) is 5.41 Å². The van der Waals surface area contributed by atoms with Gasteiger partial charge in [-0.2, -0.15) is 18.2 Å². The molecular weight excluding hydrogens is 649 g/mol. The van der Waals surface area contributed by atoms with Crippen LogP contribution in [0.5, 0.6) is 0 Å². The van der Waals surface area contributed by atoms with Crippen molar-refractivity contribution in [2.45, 2.75) is 32.4 Å². The molecule has 0 bridgehead atoms. The number of rotatable bonds is 7. The van der Waals surface area contributed by atoms with Crippen molar-refractivity contribution in [2.24, 2.45) is 5.41 Å². The summed E-state index contributed by atoms with van der Waals surface area (Å²) in [5.41, 5.74) is 8.30. The minimum atomic E-state index is -4.65. The zero-order valence-corrected chi connectivity index (χ0v) is 27.3. The number of likely N-dealkylation sites (tertiary alicyclic amines) is 1. The lowest BCUT2D eigenvalue weighted by Gasteiger charge is -2.29. The lowest BCUT2D eigenvalue weighted by Crippen LogP contribution is -2.43. The predicted molar refractivity (Wildman–Crippen MR) is 182 cm³/mol. The van der Waals surface area contributed by atoms with Crippen LogP contribution in [0.25, 0.3) is 17.0 Å². The number of carbonyl (C=O) groups excluding carboxylic acids is 2. The molecule has 4 aromatic rings. The summed E-state index contributed by atoms with van der Waals surface area (Å²) in [6.45, 7) is 4.64. The molecule has 0 radical (unpaired) electrons. The number of hydrogen-bond donors (Lipinski definition) is 2. The van der Waals surface area contributed by atoms with Gasteiger partial charge in [-0.25, -0.2) is 0 Å². The second kappa shape index (κ2) is 12.8. The molecule has 14 heteroatoms. The first kappa shape index (κ1) is 33.1. The van der Waals surface area contributed by atoms with E-state index in [9.17, 15) is 22.8 Å². The molecule has 50 heavy (non-hydrogen) atoms. The second-order valence-corrected chi connectivity index (χ2v) is 13.1. The van der Waals surface area contributed by atoms with Gasteiger partial charge in [-0.05, 0) is 86.3 Å². The van der Waals surface area contributed by atoms with Crippen LogP contribution in [0.15, 0.2) is 71.4 Å². The molecule has 3 N–H and O–H groups in total. The third kappa shape index (κ3) is 6.38. The normalized spacial score (nSPS) is 19.8. The summed E-state index contributed by atoms with van der Waals surface area (Å²) in [4.78, 5) is 40.4. The molecule has 1 atom stereocenters. The van der Waals surface area contributed by atoms with Gasteiger partial charge < -0.3 is 20.1 Å². The van der Waals surface area contributed by atoms with Crippen LogP contribution in [-0.4, -0.2) is 81.7 Å². The number of aryl methyl sites for hydroxylation is 1. The molecule has 2 aromatic carbocycles. The summed E-state index contributed by atoms with van der Waals surface area (Å²) < 4.78 is 45.0. The fourth-order valence-corrected chi connectivity index (χ4v) is 7.05. The monoisotopic (exact) mass is 686 g/mol. The Morgan fingerprint density at radius 1 is 1.06 bits per heavy atom.